The van der Waals surface area contributed by atoms with Crippen LogP contribution in [0.5, 0.6) is 5.75 Å². The van der Waals surface area contributed by atoms with Crippen LogP contribution in [0.25, 0.3) is 0 Å². The van der Waals surface area contributed by atoms with Gasteiger partial charge in [0.1, 0.15) is 5.75 Å². The number of rotatable bonds is 9. The zero-order chi connectivity index (χ0) is 19.9. The number of hydrogen-bond acceptors (Lipinski definition) is 4. The Morgan fingerprint density at radius 3 is 2.37 bits per heavy atom. The lowest BCUT2D eigenvalue weighted by atomic mass is 10.1. The molecular formula is C20H26N2O4S. The first-order chi connectivity index (χ1) is 12.8. The first-order valence-electron chi connectivity index (χ1n) is 8.87. The van der Waals surface area contributed by atoms with Crippen LogP contribution in [0.15, 0.2) is 47.4 Å². The van der Waals surface area contributed by atoms with Crippen molar-refractivity contribution in [1.82, 2.24) is 10.0 Å². The Hall–Kier alpha value is -2.38. The molecule has 27 heavy (non-hydrogen) atoms. The van der Waals surface area contributed by atoms with E-state index in [1.54, 1.807) is 19.1 Å². The predicted octanol–water partition coefficient (Wildman–Crippen LogP) is 2.34. The number of carbonyl (C=O) groups is 1. The molecule has 0 radical (unpaired) electrons. The molecule has 7 heteroatoms. The van der Waals surface area contributed by atoms with E-state index < -0.39 is 10.0 Å². The molecule has 0 aliphatic rings. The fourth-order valence-corrected chi connectivity index (χ4v) is 3.94. The molecule has 0 aromatic heterocycles. The van der Waals surface area contributed by atoms with E-state index in [4.69, 9.17) is 4.74 Å². The predicted molar refractivity (Wildman–Crippen MR) is 105 cm³/mol. The van der Waals surface area contributed by atoms with E-state index in [0.717, 1.165) is 16.9 Å². The summed E-state index contributed by atoms with van der Waals surface area (Å²) in [6.45, 7) is 6.54. The lowest BCUT2D eigenvalue weighted by molar-refractivity contribution is -0.120. The van der Waals surface area contributed by atoms with Crippen LogP contribution >= 0.6 is 0 Å². The van der Waals surface area contributed by atoms with Crippen LogP contribution in [-0.4, -0.2) is 34.0 Å². The molecule has 0 bridgehead atoms. The molecule has 0 aliphatic heterocycles. The Labute approximate surface area is 161 Å². The Morgan fingerprint density at radius 2 is 1.74 bits per heavy atom. The molecule has 2 aromatic rings. The minimum Gasteiger partial charge on any atom is -0.494 e. The van der Waals surface area contributed by atoms with E-state index in [1.165, 1.54) is 0 Å². The fraction of sp³-hybridized carbons (Fsp3) is 0.350. The number of benzene rings is 2. The summed E-state index contributed by atoms with van der Waals surface area (Å²) >= 11 is 0. The van der Waals surface area contributed by atoms with E-state index in [9.17, 15) is 13.2 Å². The van der Waals surface area contributed by atoms with Gasteiger partial charge in [0.15, 0.2) is 0 Å². The number of ether oxygens (including phenoxy) is 1. The number of sulfonamides is 1. The molecule has 0 heterocycles. The van der Waals surface area contributed by atoms with Gasteiger partial charge in [-0.2, -0.15) is 0 Å². The average Bonchev–Trinajstić information content (AvgIpc) is 2.60. The summed E-state index contributed by atoms with van der Waals surface area (Å²) in [4.78, 5) is 12.2. The molecule has 2 N–H and O–H groups in total. The van der Waals surface area contributed by atoms with Crippen LogP contribution in [0.1, 0.15) is 23.6 Å². The largest absolute Gasteiger partial charge is 0.494 e. The molecule has 1 amide bonds. The SMILES string of the molecule is CCOc1ccc(CC(=O)NCCNS(=O)(=O)c2ccc(C)cc2C)cc1. The third kappa shape index (κ3) is 6.37. The summed E-state index contributed by atoms with van der Waals surface area (Å²) in [6.07, 6.45) is 0.232. The van der Waals surface area contributed by atoms with Crippen molar-refractivity contribution in [1.29, 1.82) is 0 Å². The molecule has 0 fully saturated rings. The molecule has 2 aromatic carbocycles. The van der Waals surface area contributed by atoms with Crippen molar-refractivity contribution in [3.05, 3.63) is 59.2 Å². The van der Waals surface area contributed by atoms with Crippen LogP contribution in [0.4, 0.5) is 0 Å². The summed E-state index contributed by atoms with van der Waals surface area (Å²) in [5, 5.41) is 2.72. The molecule has 0 atom stereocenters. The monoisotopic (exact) mass is 390 g/mol. The topological polar surface area (TPSA) is 84.5 Å². The maximum absolute atomic E-state index is 12.3. The highest BCUT2D eigenvalue weighted by Gasteiger charge is 2.16. The second-order valence-corrected chi connectivity index (χ2v) is 8.01. The maximum atomic E-state index is 12.3. The minimum absolute atomic E-state index is 0.130. The van der Waals surface area contributed by atoms with Gasteiger partial charge in [-0.05, 0) is 50.1 Å². The van der Waals surface area contributed by atoms with Gasteiger partial charge in [-0.1, -0.05) is 29.8 Å². The van der Waals surface area contributed by atoms with Crippen LogP contribution in [-0.2, 0) is 21.2 Å². The quantitative estimate of drug-likeness (QED) is 0.644. The molecule has 0 spiro atoms. The number of hydrogen-bond donors (Lipinski definition) is 2. The first kappa shape index (κ1) is 20.9. The third-order valence-corrected chi connectivity index (χ3v) is 5.58. The average molecular weight is 391 g/mol. The summed E-state index contributed by atoms with van der Waals surface area (Å²) in [5.74, 6) is 0.604. The lowest BCUT2D eigenvalue weighted by Crippen LogP contribution is -2.35. The molecule has 0 saturated heterocycles. The highest BCUT2D eigenvalue weighted by atomic mass is 32.2. The van der Waals surface area contributed by atoms with Crippen LogP contribution < -0.4 is 14.8 Å². The van der Waals surface area contributed by atoms with Crippen LogP contribution in [0.3, 0.4) is 0 Å². The third-order valence-electron chi connectivity index (χ3n) is 3.96. The van der Waals surface area contributed by atoms with Crippen molar-refractivity contribution < 1.29 is 17.9 Å². The van der Waals surface area contributed by atoms with Crippen molar-refractivity contribution in [3.8, 4) is 5.75 Å². The molecule has 0 aliphatic carbocycles. The lowest BCUT2D eigenvalue weighted by Gasteiger charge is -2.11. The van der Waals surface area contributed by atoms with Crippen LogP contribution in [0.2, 0.25) is 0 Å². The second kappa shape index (κ2) is 9.53. The van der Waals surface area contributed by atoms with Gasteiger partial charge in [0.2, 0.25) is 15.9 Å². The van der Waals surface area contributed by atoms with Crippen molar-refractivity contribution in [3.63, 3.8) is 0 Å². The summed E-state index contributed by atoms with van der Waals surface area (Å²) in [6, 6.07) is 12.5. The zero-order valence-corrected chi connectivity index (χ0v) is 16.7. The molecule has 146 valence electrons. The Bertz CT molecular complexity index is 877. The normalized spacial score (nSPS) is 11.2. The van der Waals surface area contributed by atoms with E-state index >= 15 is 0 Å². The van der Waals surface area contributed by atoms with Gasteiger partial charge in [0.25, 0.3) is 0 Å². The smallest absolute Gasteiger partial charge is 0.240 e. The van der Waals surface area contributed by atoms with Gasteiger partial charge in [-0.25, -0.2) is 13.1 Å². The molecule has 0 saturated carbocycles. The second-order valence-electron chi connectivity index (χ2n) is 6.27. The Morgan fingerprint density at radius 1 is 1.04 bits per heavy atom. The zero-order valence-electron chi connectivity index (χ0n) is 15.9. The number of amides is 1. The fourth-order valence-electron chi connectivity index (χ4n) is 2.68. The van der Waals surface area contributed by atoms with Gasteiger partial charge in [0.05, 0.1) is 17.9 Å². The number of aryl methyl sites for hydroxylation is 2. The molecule has 2 rings (SSSR count). The number of carbonyl (C=O) groups excluding carboxylic acids is 1. The van der Waals surface area contributed by atoms with E-state index in [1.807, 2.05) is 44.2 Å². The number of nitrogens with one attached hydrogen (secondary N) is 2. The van der Waals surface area contributed by atoms with Crippen molar-refractivity contribution >= 4 is 15.9 Å². The highest BCUT2D eigenvalue weighted by molar-refractivity contribution is 7.89. The van der Waals surface area contributed by atoms with Crippen molar-refractivity contribution in [2.24, 2.45) is 0 Å². The van der Waals surface area contributed by atoms with E-state index in [2.05, 4.69) is 10.0 Å². The summed E-state index contributed by atoms with van der Waals surface area (Å²) in [7, 11) is -3.59. The Balaban J connectivity index is 1.79. The minimum atomic E-state index is -3.59. The molecular weight excluding hydrogens is 364 g/mol. The highest BCUT2D eigenvalue weighted by Crippen LogP contribution is 2.16. The van der Waals surface area contributed by atoms with Crippen molar-refractivity contribution in [2.75, 3.05) is 19.7 Å². The van der Waals surface area contributed by atoms with Crippen molar-refractivity contribution in [2.45, 2.75) is 32.1 Å². The standard InChI is InChI=1S/C20H26N2O4S/c1-4-26-18-8-6-17(7-9-18)14-20(23)21-11-12-22-27(24,25)19-10-5-15(2)13-16(19)3/h5-10,13,22H,4,11-12,14H2,1-3H3,(H,21,23). The molecule has 6 nitrogen and oxygen atoms in total. The maximum Gasteiger partial charge on any atom is 0.240 e. The molecule has 0 unspecified atom stereocenters. The Kier molecular flexibility index (Phi) is 7.38. The van der Waals surface area contributed by atoms with Gasteiger partial charge in [-0.3, -0.25) is 4.79 Å². The van der Waals surface area contributed by atoms with E-state index in [-0.39, 0.29) is 30.3 Å². The van der Waals surface area contributed by atoms with E-state index in [0.29, 0.717) is 12.2 Å². The van der Waals surface area contributed by atoms with Crippen LogP contribution in [0, 0.1) is 13.8 Å². The van der Waals surface area contributed by atoms with Gasteiger partial charge >= 0.3 is 0 Å². The van der Waals surface area contributed by atoms with Gasteiger partial charge in [0, 0.05) is 13.1 Å². The summed E-state index contributed by atoms with van der Waals surface area (Å²) < 4.78 is 32.6. The van der Waals surface area contributed by atoms with Gasteiger partial charge in [-0.15, -0.1) is 0 Å². The summed E-state index contributed by atoms with van der Waals surface area (Å²) in [5.41, 5.74) is 2.57. The first-order valence-corrected chi connectivity index (χ1v) is 10.4. The van der Waals surface area contributed by atoms with Gasteiger partial charge < -0.3 is 10.1 Å².